The van der Waals surface area contributed by atoms with Gasteiger partial charge in [-0.2, -0.15) is 4.98 Å². The normalized spacial score (nSPS) is 11.3. The molecular formula is C17H11BrN2O2. The second-order valence-electron chi connectivity index (χ2n) is 5.09. The summed E-state index contributed by atoms with van der Waals surface area (Å²) < 4.78 is 8.23. The van der Waals surface area contributed by atoms with E-state index < -0.39 is 0 Å². The smallest absolute Gasteiger partial charge is 0.309 e. The highest BCUT2D eigenvalue weighted by molar-refractivity contribution is 9.10. The van der Waals surface area contributed by atoms with Crippen LogP contribution >= 0.6 is 15.9 Å². The molecule has 0 saturated heterocycles. The Morgan fingerprint density at radius 3 is 2.68 bits per heavy atom. The van der Waals surface area contributed by atoms with Crippen molar-refractivity contribution >= 4 is 32.7 Å². The monoisotopic (exact) mass is 354 g/mol. The molecule has 2 aromatic heterocycles. The molecular weight excluding hydrogens is 344 g/mol. The van der Waals surface area contributed by atoms with Crippen LogP contribution in [-0.2, 0) is 6.42 Å². The Morgan fingerprint density at radius 1 is 1.09 bits per heavy atom. The van der Waals surface area contributed by atoms with Gasteiger partial charge in [-0.3, -0.25) is 4.79 Å². The van der Waals surface area contributed by atoms with Gasteiger partial charge in [-0.05, 0) is 29.8 Å². The molecule has 0 fully saturated rings. The van der Waals surface area contributed by atoms with Crippen LogP contribution in [0.25, 0.3) is 16.7 Å². The maximum atomic E-state index is 12.5. The summed E-state index contributed by atoms with van der Waals surface area (Å²) in [6.07, 6.45) is 2.34. The van der Waals surface area contributed by atoms with Crippen LogP contribution in [0.3, 0.4) is 0 Å². The molecule has 0 aliphatic rings. The Kier molecular flexibility index (Phi) is 3.08. The Hall–Kier alpha value is -2.40. The summed E-state index contributed by atoms with van der Waals surface area (Å²) in [4.78, 5) is 16.9. The van der Waals surface area contributed by atoms with Crippen molar-refractivity contribution in [2.75, 3.05) is 0 Å². The topological polar surface area (TPSA) is 47.5 Å². The van der Waals surface area contributed by atoms with Crippen LogP contribution in [0, 0.1) is 0 Å². The van der Waals surface area contributed by atoms with E-state index in [2.05, 4.69) is 20.9 Å². The van der Waals surface area contributed by atoms with E-state index in [0.29, 0.717) is 28.9 Å². The van der Waals surface area contributed by atoms with Gasteiger partial charge in [0.2, 0.25) is 0 Å². The molecule has 0 spiro atoms. The first-order valence-corrected chi connectivity index (χ1v) is 7.64. The average molecular weight is 355 g/mol. The van der Waals surface area contributed by atoms with Crippen molar-refractivity contribution < 1.29 is 4.42 Å². The van der Waals surface area contributed by atoms with Crippen LogP contribution in [0.4, 0.5) is 0 Å². The van der Waals surface area contributed by atoms with Gasteiger partial charge < -0.3 is 4.42 Å². The van der Waals surface area contributed by atoms with Gasteiger partial charge in [0, 0.05) is 10.9 Å². The van der Waals surface area contributed by atoms with Gasteiger partial charge in [0.1, 0.15) is 5.76 Å². The first-order chi connectivity index (χ1) is 10.7. The molecule has 0 aliphatic carbocycles. The molecule has 5 heteroatoms. The quantitative estimate of drug-likeness (QED) is 0.550. The zero-order chi connectivity index (χ0) is 15.1. The highest BCUT2D eigenvalue weighted by Crippen LogP contribution is 2.17. The molecule has 0 saturated carbocycles. The number of aromatic nitrogens is 2. The maximum absolute atomic E-state index is 12.5. The molecule has 0 radical (unpaired) electrons. The third-order valence-corrected chi connectivity index (χ3v) is 4.09. The zero-order valence-corrected chi connectivity index (χ0v) is 13.1. The number of nitrogens with zero attached hydrogens (tertiary/aromatic N) is 2. The summed E-state index contributed by atoms with van der Waals surface area (Å²) in [6, 6.07) is 15.3. The fourth-order valence-corrected chi connectivity index (χ4v) is 2.75. The molecule has 0 N–H and O–H groups in total. The summed E-state index contributed by atoms with van der Waals surface area (Å²) in [6.45, 7) is 0. The lowest BCUT2D eigenvalue weighted by Crippen LogP contribution is -2.12. The average Bonchev–Trinajstić information content (AvgIpc) is 2.93. The van der Waals surface area contributed by atoms with E-state index in [4.69, 9.17) is 4.42 Å². The molecule has 4 nitrogen and oxygen atoms in total. The first kappa shape index (κ1) is 13.3. The molecule has 0 aliphatic heterocycles. The number of benzene rings is 2. The number of hydrogen-bond donors (Lipinski definition) is 0. The first-order valence-electron chi connectivity index (χ1n) is 6.85. The SMILES string of the molecule is O=c1c2ccccc2nc2oc(Cc3ccc(Br)cc3)cn12. The minimum absolute atomic E-state index is 0.105. The molecule has 22 heavy (non-hydrogen) atoms. The van der Waals surface area contributed by atoms with Crippen LogP contribution in [0.1, 0.15) is 11.3 Å². The van der Waals surface area contributed by atoms with Crippen molar-refractivity contribution in [2.45, 2.75) is 6.42 Å². The van der Waals surface area contributed by atoms with Gasteiger partial charge in [0.05, 0.1) is 17.1 Å². The van der Waals surface area contributed by atoms with E-state index in [1.54, 1.807) is 12.3 Å². The third kappa shape index (κ3) is 2.23. The number of para-hydroxylation sites is 1. The molecule has 0 bridgehead atoms. The minimum Gasteiger partial charge on any atom is -0.428 e. The van der Waals surface area contributed by atoms with Crippen LogP contribution < -0.4 is 5.56 Å². The van der Waals surface area contributed by atoms with E-state index in [9.17, 15) is 4.79 Å². The summed E-state index contributed by atoms with van der Waals surface area (Å²) in [7, 11) is 0. The van der Waals surface area contributed by atoms with Gasteiger partial charge in [-0.15, -0.1) is 0 Å². The van der Waals surface area contributed by atoms with Crippen molar-refractivity contribution in [1.29, 1.82) is 0 Å². The Bertz CT molecular complexity index is 1030. The lowest BCUT2D eigenvalue weighted by atomic mass is 10.1. The van der Waals surface area contributed by atoms with Gasteiger partial charge in [0.15, 0.2) is 0 Å². The van der Waals surface area contributed by atoms with Crippen LogP contribution in [0.5, 0.6) is 0 Å². The molecule has 0 unspecified atom stereocenters. The summed E-state index contributed by atoms with van der Waals surface area (Å²) >= 11 is 3.41. The van der Waals surface area contributed by atoms with Gasteiger partial charge in [-0.1, -0.05) is 40.2 Å². The number of halogens is 1. The second kappa shape index (κ2) is 5.10. The maximum Gasteiger partial charge on any atom is 0.309 e. The third-order valence-electron chi connectivity index (χ3n) is 3.56. The summed E-state index contributed by atoms with van der Waals surface area (Å²) in [5, 5.41) is 0.594. The number of fused-ring (bicyclic) bond motifs is 2. The Labute approximate surface area is 134 Å². The molecule has 2 heterocycles. The summed E-state index contributed by atoms with van der Waals surface area (Å²) in [5.74, 6) is 1.04. The van der Waals surface area contributed by atoms with Crippen molar-refractivity contribution in [1.82, 2.24) is 9.38 Å². The largest absolute Gasteiger partial charge is 0.428 e. The van der Waals surface area contributed by atoms with Crippen molar-refractivity contribution in [3.05, 3.63) is 80.9 Å². The molecule has 2 aromatic carbocycles. The lowest BCUT2D eigenvalue weighted by molar-refractivity contribution is 0.547. The van der Waals surface area contributed by atoms with Crippen LogP contribution in [0.2, 0.25) is 0 Å². The van der Waals surface area contributed by atoms with E-state index in [1.165, 1.54) is 4.40 Å². The molecule has 4 aromatic rings. The highest BCUT2D eigenvalue weighted by Gasteiger charge is 2.10. The molecule has 0 atom stereocenters. The van der Waals surface area contributed by atoms with Crippen molar-refractivity contribution in [3.8, 4) is 0 Å². The molecule has 108 valence electrons. The lowest BCUT2D eigenvalue weighted by Gasteiger charge is -1.97. The fourth-order valence-electron chi connectivity index (χ4n) is 2.48. The zero-order valence-electron chi connectivity index (χ0n) is 11.5. The van der Waals surface area contributed by atoms with E-state index in [-0.39, 0.29) is 5.56 Å². The van der Waals surface area contributed by atoms with Gasteiger partial charge in [0.25, 0.3) is 5.56 Å². The Morgan fingerprint density at radius 2 is 1.86 bits per heavy atom. The summed E-state index contributed by atoms with van der Waals surface area (Å²) in [5.41, 5.74) is 1.66. The molecule has 4 rings (SSSR count). The van der Waals surface area contributed by atoms with Crippen molar-refractivity contribution in [3.63, 3.8) is 0 Å². The van der Waals surface area contributed by atoms with Crippen LogP contribution in [0.15, 0.2) is 68.4 Å². The van der Waals surface area contributed by atoms with Crippen LogP contribution in [-0.4, -0.2) is 9.38 Å². The fraction of sp³-hybridized carbons (Fsp3) is 0.0588. The van der Waals surface area contributed by atoms with Gasteiger partial charge >= 0.3 is 5.84 Å². The number of oxazole rings is 1. The second-order valence-corrected chi connectivity index (χ2v) is 6.00. The molecule has 0 amide bonds. The minimum atomic E-state index is -0.105. The standard InChI is InChI=1S/C17H11BrN2O2/c18-12-7-5-11(6-8-12)9-13-10-20-16(21)14-3-1-2-4-15(14)19-17(20)22-13/h1-8,10H,9H2. The number of hydrogen-bond acceptors (Lipinski definition) is 3. The van der Waals surface area contributed by atoms with Gasteiger partial charge in [-0.25, -0.2) is 4.40 Å². The highest BCUT2D eigenvalue weighted by atomic mass is 79.9. The van der Waals surface area contributed by atoms with Crippen molar-refractivity contribution in [2.24, 2.45) is 0 Å². The number of rotatable bonds is 2. The van der Waals surface area contributed by atoms with E-state index in [1.807, 2.05) is 42.5 Å². The van der Waals surface area contributed by atoms with E-state index >= 15 is 0 Å². The Balaban J connectivity index is 1.83. The van der Waals surface area contributed by atoms with E-state index in [0.717, 1.165) is 10.0 Å². The predicted octanol–water partition coefficient (Wildman–Crippen LogP) is 3.79. The predicted molar refractivity (Wildman–Crippen MR) is 88.2 cm³/mol.